The van der Waals surface area contributed by atoms with Gasteiger partial charge in [-0.2, -0.15) is 0 Å². The summed E-state index contributed by atoms with van der Waals surface area (Å²) >= 11 is 3.50. The highest BCUT2D eigenvalue weighted by Crippen LogP contribution is 2.27. The van der Waals surface area contributed by atoms with Gasteiger partial charge in [0.1, 0.15) is 0 Å². The molecular formula is C10H9BrN2. The van der Waals surface area contributed by atoms with E-state index in [1.54, 1.807) is 6.33 Å². The summed E-state index contributed by atoms with van der Waals surface area (Å²) in [5, 5.41) is 0. The van der Waals surface area contributed by atoms with Crippen LogP contribution in [0.25, 0.3) is 11.3 Å². The largest absolute Gasteiger partial charge is 0.348 e. The van der Waals surface area contributed by atoms with Crippen LogP contribution in [0.15, 0.2) is 35.1 Å². The molecule has 1 aromatic heterocycles. The maximum Gasteiger partial charge on any atom is 0.0929 e. The Morgan fingerprint density at radius 1 is 1.31 bits per heavy atom. The van der Waals surface area contributed by atoms with Crippen molar-refractivity contribution in [2.75, 3.05) is 0 Å². The lowest BCUT2D eigenvalue weighted by atomic mass is 10.1. The van der Waals surface area contributed by atoms with Gasteiger partial charge in [-0.05, 0) is 13.0 Å². The van der Waals surface area contributed by atoms with Gasteiger partial charge in [0, 0.05) is 15.7 Å². The van der Waals surface area contributed by atoms with Crippen molar-refractivity contribution < 1.29 is 0 Å². The van der Waals surface area contributed by atoms with Gasteiger partial charge >= 0.3 is 0 Å². The summed E-state index contributed by atoms with van der Waals surface area (Å²) in [6, 6.07) is 8.07. The second kappa shape index (κ2) is 3.34. The van der Waals surface area contributed by atoms with E-state index < -0.39 is 0 Å². The number of halogens is 1. The summed E-state index contributed by atoms with van der Waals surface area (Å²) in [6.45, 7) is 2.02. The number of aryl methyl sites for hydroxylation is 1. The van der Waals surface area contributed by atoms with Crippen LogP contribution >= 0.6 is 15.9 Å². The molecule has 0 radical (unpaired) electrons. The Bertz CT molecular complexity index is 420. The molecule has 0 aliphatic carbocycles. The van der Waals surface area contributed by atoms with Gasteiger partial charge in [0.15, 0.2) is 0 Å². The van der Waals surface area contributed by atoms with Crippen LogP contribution < -0.4 is 0 Å². The van der Waals surface area contributed by atoms with Crippen LogP contribution in [0, 0.1) is 6.92 Å². The first-order valence-electron chi connectivity index (χ1n) is 4.04. The van der Waals surface area contributed by atoms with Crippen molar-refractivity contribution in [2.24, 2.45) is 0 Å². The molecule has 1 N–H and O–H groups in total. The molecule has 13 heavy (non-hydrogen) atoms. The van der Waals surface area contributed by atoms with Crippen molar-refractivity contribution in [2.45, 2.75) is 6.92 Å². The van der Waals surface area contributed by atoms with Crippen molar-refractivity contribution >= 4 is 15.9 Å². The van der Waals surface area contributed by atoms with Crippen LogP contribution in [0.5, 0.6) is 0 Å². The average Bonchev–Trinajstić information content (AvgIpc) is 2.52. The molecule has 2 nitrogen and oxygen atoms in total. The quantitative estimate of drug-likeness (QED) is 0.810. The lowest BCUT2D eigenvalue weighted by Gasteiger charge is -2.00. The molecule has 0 spiro atoms. The zero-order valence-corrected chi connectivity index (χ0v) is 8.80. The number of H-pyrrole nitrogens is 1. The molecule has 0 fully saturated rings. The SMILES string of the molecule is Cc1[nH]cnc1-c1ccccc1Br. The summed E-state index contributed by atoms with van der Waals surface area (Å²) in [6.07, 6.45) is 1.71. The number of hydrogen-bond acceptors (Lipinski definition) is 1. The zero-order valence-electron chi connectivity index (χ0n) is 7.21. The highest BCUT2D eigenvalue weighted by atomic mass is 79.9. The number of nitrogens with zero attached hydrogens (tertiary/aromatic N) is 1. The second-order valence-corrected chi connectivity index (χ2v) is 3.71. The average molecular weight is 237 g/mol. The minimum Gasteiger partial charge on any atom is -0.348 e. The molecule has 2 rings (SSSR count). The van der Waals surface area contributed by atoms with E-state index in [2.05, 4.69) is 25.9 Å². The molecule has 0 bridgehead atoms. The van der Waals surface area contributed by atoms with Crippen LogP contribution in [0.3, 0.4) is 0 Å². The van der Waals surface area contributed by atoms with Gasteiger partial charge in [0.2, 0.25) is 0 Å². The zero-order chi connectivity index (χ0) is 9.26. The van der Waals surface area contributed by atoms with Crippen LogP contribution in [-0.4, -0.2) is 9.97 Å². The van der Waals surface area contributed by atoms with Crippen molar-refractivity contribution in [3.63, 3.8) is 0 Å². The number of benzene rings is 1. The Hall–Kier alpha value is -1.09. The fourth-order valence-corrected chi connectivity index (χ4v) is 1.76. The number of imidazole rings is 1. The number of nitrogens with one attached hydrogen (secondary N) is 1. The van der Waals surface area contributed by atoms with Gasteiger partial charge in [0.05, 0.1) is 12.0 Å². The Morgan fingerprint density at radius 2 is 2.08 bits per heavy atom. The minimum absolute atomic E-state index is 1.01. The van der Waals surface area contributed by atoms with E-state index in [1.165, 1.54) is 0 Å². The third kappa shape index (κ3) is 1.52. The number of aromatic nitrogens is 2. The molecule has 0 atom stereocenters. The van der Waals surface area contributed by atoms with Gasteiger partial charge in [-0.15, -0.1) is 0 Å². The molecule has 3 heteroatoms. The fraction of sp³-hybridized carbons (Fsp3) is 0.100. The van der Waals surface area contributed by atoms with Crippen LogP contribution in [0.4, 0.5) is 0 Å². The highest BCUT2D eigenvalue weighted by molar-refractivity contribution is 9.10. The molecule has 0 saturated carbocycles. The maximum absolute atomic E-state index is 4.26. The normalized spacial score (nSPS) is 10.3. The minimum atomic E-state index is 1.01. The van der Waals surface area contributed by atoms with Crippen molar-refractivity contribution in [1.82, 2.24) is 9.97 Å². The predicted octanol–water partition coefficient (Wildman–Crippen LogP) is 3.15. The van der Waals surface area contributed by atoms with Gasteiger partial charge < -0.3 is 4.98 Å². The first-order valence-corrected chi connectivity index (χ1v) is 4.83. The molecule has 66 valence electrons. The third-order valence-electron chi connectivity index (χ3n) is 1.96. The van der Waals surface area contributed by atoms with Crippen molar-refractivity contribution in [3.05, 3.63) is 40.8 Å². The van der Waals surface area contributed by atoms with Crippen molar-refractivity contribution in [3.8, 4) is 11.3 Å². The highest BCUT2D eigenvalue weighted by Gasteiger charge is 2.06. The Labute approximate surface area is 85.1 Å². The molecular weight excluding hydrogens is 228 g/mol. The van der Waals surface area contributed by atoms with E-state index >= 15 is 0 Å². The number of rotatable bonds is 1. The molecule has 0 unspecified atom stereocenters. The summed E-state index contributed by atoms with van der Waals surface area (Å²) in [4.78, 5) is 7.32. The Kier molecular flexibility index (Phi) is 2.19. The first kappa shape index (κ1) is 8.51. The van der Waals surface area contributed by atoms with Gasteiger partial charge in [-0.25, -0.2) is 4.98 Å². The lowest BCUT2D eigenvalue weighted by Crippen LogP contribution is -1.82. The van der Waals surface area contributed by atoms with Crippen molar-refractivity contribution in [1.29, 1.82) is 0 Å². The number of aromatic amines is 1. The summed E-state index contributed by atoms with van der Waals surface area (Å²) in [7, 11) is 0. The standard InChI is InChI=1S/C10H9BrN2/c1-7-10(13-6-12-7)8-4-2-3-5-9(8)11/h2-6H,1H3,(H,12,13). The molecule has 1 aromatic carbocycles. The van der Waals surface area contributed by atoms with E-state index in [-0.39, 0.29) is 0 Å². The van der Waals surface area contributed by atoms with Gasteiger partial charge in [0.25, 0.3) is 0 Å². The maximum atomic E-state index is 4.26. The summed E-state index contributed by atoms with van der Waals surface area (Å²) in [5.41, 5.74) is 3.22. The van der Waals surface area contributed by atoms with Crippen LogP contribution in [-0.2, 0) is 0 Å². The molecule has 1 heterocycles. The second-order valence-electron chi connectivity index (χ2n) is 2.86. The van der Waals surface area contributed by atoms with Gasteiger partial charge in [-0.1, -0.05) is 34.1 Å². The smallest absolute Gasteiger partial charge is 0.0929 e. The predicted molar refractivity (Wildman–Crippen MR) is 56.5 cm³/mol. The molecule has 0 aliphatic heterocycles. The summed E-state index contributed by atoms with van der Waals surface area (Å²) < 4.78 is 1.07. The lowest BCUT2D eigenvalue weighted by molar-refractivity contribution is 1.25. The van der Waals surface area contributed by atoms with E-state index in [9.17, 15) is 0 Å². The van der Waals surface area contributed by atoms with E-state index in [1.807, 2.05) is 31.2 Å². The third-order valence-corrected chi connectivity index (χ3v) is 2.65. The summed E-state index contributed by atoms with van der Waals surface area (Å²) in [5.74, 6) is 0. The number of hydrogen-bond donors (Lipinski definition) is 1. The topological polar surface area (TPSA) is 28.7 Å². The van der Waals surface area contributed by atoms with Crippen LogP contribution in [0.2, 0.25) is 0 Å². The van der Waals surface area contributed by atoms with Gasteiger partial charge in [-0.3, -0.25) is 0 Å². The van der Waals surface area contributed by atoms with E-state index in [4.69, 9.17) is 0 Å². The van der Waals surface area contributed by atoms with Crippen LogP contribution in [0.1, 0.15) is 5.69 Å². The Morgan fingerprint density at radius 3 is 2.69 bits per heavy atom. The van der Waals surface area contributed by atoms with E-state index in [0.717, 1.165) is 21.4 Å². The fourth-order valence-electron chi connectivity index (χ4n) is 1.28. The Balaban J connectivity index is 2.59. The molecule has 0 saturated heterocycles. The molecule has 0 amide bonds. The molecule has 2 aromatic rings. The van der Waals surface area contributed by atoms with E-state index in [0.29, 0.717) is 0 Å². The molecule has 0 aliphatic rings. The first-order chi connectivity index (χ1) is 6.29. The monoisotopic (exact) mass is 236 g/mol.